The molecule has 0 aliphatic heterocycles. The van der Waals surface area contributed by atoms with Gasteiger partial charge < -0.3 is 5.11 Å². The molecule has 1 aliphatic rings. The van der Waals surface area contributed by atoms with Crippen LogP contribution in [0.15, 0.2) is 0 Å². The molecule has 102 valence electrons. The molecule has 2 atom stereocenters. The first-order valence-electron chi connectivity index (χ1n) is 7.11. The molecule has 0 saturated heterocycles. The molecule has 1 aliphatic carbocycles. The largest absolute Gasteiger partial charge is 0.390 e. The van der Waals surface area contributed by atoms with Gasteiger partial charge in [0.25, 0.3) is 0 Å². The van der Waals surface area contributed by atoms with Crippen molar-refractivity contribution in [3.8, 4) is 0 Å². The number of aromatic nitrogens is 2. The third kappa shape index (κ3) is 2.09. The van der Waals surface area contributed by atoms with E-state index in [1.54, 1.807) is 0 Å². The Morgan fingerprint density at radius 3 is 2.61 bits per heavy atom. The van der Waals surface area contributed by atoms with Gasteiger partial charge in [0.05, 0.1) is 17.8 Å². The molecule has 1 aromatic rings. The van der Waals surface area contributed by atoms with Crippen LogP contribution in [0.4, 0.5) is 0 Å². The van der Waals surface area contributed by atoms with Crippen LogP contribution in [0.2, 0.25) is 0 Å². The highest BCUT2D eigenvalue weighted by Gasteiger charge is 2.39. The van der Waals surface area contributed by atoms with Crippen LogP contribution in [-0.2, 0) is 6.42 Å². The number of aryl methyl sites for hydroxylation is 1. The fourth-order valence-corrected chi connectivity index (χ4v) is 3.38. The highest BCUT2D eigenvalue weighted by molar-refractivity contribution is 5.25. The first kappa shape index (κ1) is 13.6. The lowest BCUT2D eigenvalue weighted by atomic mass is 9.72. The Balaban J connectivity index is 2.37. The maximum Gasteiger partial charge on any atom is 0.0815 e. The van der Waals surface area contributed by atoms with E-state index in [9.17, 15) is 5.11 Å². The SMILES string of the molecule is CCc1c(C)nn(C2CCCC(C)(C)C2O)c1C. The summed E-state index contributed by atoms with van der Waals surface area (Å²) in [5.41, 5.74) is 3.69. The third-order valence-corrected chi connectivity index (χ3v) is 4.63. The maximum atomic E-state index is 10.6. The van der Waals surface area contributed by atoms with Gasteiger partial charge >= 0.3 is 0 Å². The van der Waals surface area contributed by atoms with E-state index in [0.717, 1.165) is 25.0 Å². The molecule has 2 unspecified atom stereocenters. The van der Waals surface area contributed by atoms with Gasteiger partial charge in [-0.2, -0.15) is 5.10 Å². The summed E-state index contributed by atoms with van der Waals surface area (Å²) in [6, 6.07) is 0.146. The van der Waals surface area contributed by atoms with Crippen LogP contribution in [0.1, 0.15) is 63.0 Å². The highest BCUT2D eigenvalue weighted by Crippen LogP contribution is 2.41. The summed E-state index contributed by atoms with van der Waals surface area (Å²) in [7, 11) is 0. The summed E-state index contributed by atoms with van der Waals surface area (Å²) in [5, 5.41) is 15.3. The zero-order valence-corrected chi connectivity index (χ0v) is 12.3. The Labute approximate surface area is 110 Å². The highest BCUT2D eigenvalue weighted by atomic mass is 16.3. The second-order valence-corrected chi connectivity index (χ2v) is 6.34. The fourth-order valence-electron chi connectivity index (χ4n) is 3.38. The number of rotatable bonds is 2. The van der Waals surface area contributed by atoms with Crippen LogP contribution in [0.25, 0.3) is 0 Å². The molecule has 2 rings (SSSR count). The zero-order valence-electron chi connectivity index (χ0n) is 12.3. The normalized spacial score (nSPS) is 27.4. The second kappa shape index (κ2) is 4.69. The molecule has 1 N–H and O–H groups in total. The molecular weight excluding hydrogens is 224 g/mol. The number of nitrogens with zero attached hydrogens (tertiary/aromatic N) is 2. The molecule has 18 heavy (non-hydrogen) atoms. The van der Waals surface area contributed by atoms with Crippen LogP contribution in [0.3, 0.4) is 0 Å². The van der Waals surface area contributed by atoms with Crippen LogP contribution in [-0.4, -0.2) is 21.0 Å². The minimum absolute atomic E-state index is 0.00158. The van der Waals surface area contributed by atoms with Crippen molar-refractivity contribution in [2.24, 2.45) is 5.41 Å². The average Bonchev–Trinajstić information content (AvgIpc) is 2.58. The van der Waals surface area contributed by atoms with Gasteiger partial charge in [-0.25, -0.2) is 0 Å². The molecule has 1 saturated carbocycles. The predicted molar refractivity (Wildman–Crippen MR) is 73.8 cm³/mol. The molecule has 1 heterocycles. The lowest BCUT2D eigenvalue weighted by molar-refractivity contribution is -0.0306. The summed E-state index contributed by atoms with van der Waals surface area (Å²) < 4.78 is 2.08. The minimum Gasteiger partial charge on any atom is -0.390 e. The van der Waals surface area contributed by atoms with E-state index in [1.807, 2.05) is 0 Å². The Morgan fingerprint density at radius 2 is 2.06 bits per heavy atom. The Bertz CT molecular complexity index is 434. The Kier molecular flexibility index (Phi) is 3.54. The van der Waals surface area contributed by atoms with Gasteiger partial charge in [0.2, 0.25) is 0 Å². The first-order valence-corrected chi connectivity index (χ1v) is 7.11. The minimum atomic E-state index is -0.297. The van der Waals surface area contributed by atoms with Gasteiger partial charge in [0.15, 0.2) is 0 Å². The smallest absolute Gasteiger partial charge is 0.0815 e. The van der Waals surface area contributed by atoms with Crippen LogP contribution < -0.4 is 0 Å². The number of hydrogen-bond acceptors (Lipinski definition) is 2. The van der Waals surface area contributed by atoms with E-state index < -0.39 is 0 Å². The number of aliphatic hydroxyl groups is 1. The molecular formula is C15H26N2O. The van der Waals surface area contributed by atoms with E-state index in [-0.39, 0.29) is 17.6 Å². The lowest BCUT2D eigenvalue weighted by Crippen LogP contribution is -2.41. The molecule has 3 heteroatoms. The van der Waals surface area contributed by atoms with E-state index in [4.69, 9.17) is 0 Å². The van der Waals surface area contributed by atoms with Crippen molar-refractivity contribution in [3.05, 3.63) is 17.0 Å². The van der Waals surface area contributed by atoms with Crippen LogP contribution >= 0.6 is 0 Å². The summed E-state index contributed by atoms with van der Waals surface area (Å²) in [5.74, 6) is 0. The predicted octanol–water partition coefficient (Wildman–Crippen LogP) is 3.17. The molecule has 1 fully saturated rings. The van der Waals surface area contributed by atoms with Gasteiger partial charge in [-0.05, 0) is 44.1 Å². The number of hydrogen-bond donors (Lipinski definition) is 1. The lowest BCUT2D eigenvalue weighted by Gasteiger charge is -2.41. The molecule has 1 aromatic heterocycles. The van der Waals surface area contributed by atoms with Crippen molar-refractivity contribution >= 4 is 0 Å². The van der Waals surface area contributed by atoms with Gasteiger partial charge in [-0.3, -0.25) is 4.68 Å². The average molecular weight is 250 g/mol. The van der Waals surface area contributed by atoms with E-state index in [0.29, 0.717) is 0 Å². The van der Waals surface area contributed by atoms with Crippen LogP contribution in [0, 0.1) is 19.3 Å². The van der Waals surface area contributed by atoms with Crippen LogP contribution in [0.5, 0.6) is 0 Å². The molecule has 0 aromatic carbocycles. The summed E-state index contributed by atoms with van der Waals surface area (Å²) in [6.07, 6.45) is 4.03. The molecule has 0 radical (unpaired) electrons. The van der Waals surface area contributed by atoms with Crippen molar-refractivity contribution in [2.75, 3.05) is 0 Å². The quantitative estimate of drug-likeness (QED) is 0.875. The molecule has 0 spiro atoms. The Morgan fingerprint density at radius 1 is 1.39 bits per heavy atom. The standard InChI is InChI=1S/C15H26N2O/c1-6-12-10(2)16-17(11(12)3)13-8-7-9-15(4,5)14(13)18/h13-14,18H,6-9H2,1-5H3. The third-order valence-electron chi connectivity index (χ3n) is 4.63. The van der Waals surface area contributed by atoms with E-state index >= 15 is 0 Å². The maximum absolute atomic E-state index is 10.6. The van der Waals surface area contributed by atoms with Crippen molar-refractivity contribution < 1.29 is 5.11 Å². The number of aliphatic hydroxyl groups excluding tert-OH is 1. The molecule has 0 bridgehead atoms. The first-order chi connectivity index (χ1) is 8.38. The van der Waals surface area contributed by atoms with Gasteiger partial charge in [-0.1, -0.05) is 27.2 Å². The van der Waals surface area contributed by atoms with E-state index in [1.165, 1.54) is 17.7 Å². The van der Waals surface area contributed by atoms with Crippen molar-refractivity contribution in [1.82, 2.24) is 9.78 Å². The zero-order chi connectivity index (χ0) is 13.5. The Hall–Kier alpha value is -0.830. The monoisotopic (exact) mass is 250 g/mol. The summed E-state index contributed by atoms with van der Waals surface area (Å²) in [6.45, 7) is 10.7. The van der Waals surface area contributed by atoms with Gasteiger partial charge in [0, 0.05) is 5.69 Å². The van der Waals surface area contributed by atoms with Gasteiger partial charge in [0.1, 0.15) is 0 Å². The van der Waals surface area contributed by atoms with Crippen molar-refractivity contribution in [3.63, 3.8) is 0 Å². The molecule has 0 amide bonds. The molecule has 3 nitrogen and oxygen atoms in total. The topological polar surface area (TPSA) is 38.0 Å². The van der Waals surface area contributed by atoms with Crippen molar-refractivity contribution in [1.29, 1.82) is 0 Å². The summed E-state index contributed by atoms with van der Waals surface area (Å²) >= 11 is 0. The summed E-state index contributed by atoms with van der Waals surface area (Å²) in [4.78, 5) is 0. The van der Waals surface area contributed by atoms with Gasteiger partial charge in [-0.15, -0.1) is 0 Å². The van der Waals surface area contributed by atoms with Crippen molar-refractivity contribution in [2.45, 2.75) is 72.4 Å². The second-order valence-electron chi connectivity index (χ2n) is 6.34. The van der Waals surface area contributed by atoms with E-state index in [2.05, 4.69) is 44.4 Å². The fraction of sp³-hybridized carbons (Fsp3) is 0.800.